The number of urea groups is 1. The second-order valence-corrected chi connectivity index (χ2v) is 7.48. The fourth-order valence-electron chi connectivity index (χ4n) is 4.43. The number of hydrogen-bond donors (Lipinski definition) is 4. The van der Waals surface area contributed by atoms with Crippen molar-refractivity contribution in [2.24, 2.45) is 0 Å². The van der Waals surface area contributed by atoms with Gasteiger partial charge in [-0.15, -0.1) is 0 Å². The van der Waals surface area contributed by atoms with Crippen LogP contribution in [0.1, 0.15) is 25.7 Å². The van der Waals surface area contributed by atoms with Crippen LogP contribution in [0.15, 0.2) is 18.2 Å². The lowest BCUT2D eigenvalue weighted by molar-refractivity contribution is -0.134. The van der Waals surface area contributed by atoms with Crippen molar-refractivity contribution in [2.45, 2.75) is 37.3 Å². The van der Waals surface area contributed by atoms with Gasteiger partial charge in [0.2, 0.25) is 12.7 Å². The van der Waals surface area contributed by atoms with Crippen LogP contribution < -0.4 is 25.4 Å². The Kier molecular flexibility index (Phi) is 5.27. The number of nitrogens with zero attached hydrogens (tertiary/aromatic N) is 1. The van der Waals surface area contributed by atoms with E-state index < -0.39 is 5.54 Å². The number of piperidine rings is 1. The molecule has 9 heteroatoms. The Hall–Kier alpha value is -2.52. The number of nitrogens with one attached hydrogen (secondary N) is 3. The number of fused-ring (bicyclic) bond motifs is 2. The molecule has 2 saturated heterocycles. The van der Waals surface area contributed by atoms with E-state index in [9.17, 15) is 9.59 Å². The average molecular weight is 390 g/mol. The van der Waals surface area contributed by atoms with Crippen LogP contribution in [0.2, 0.25) is 0 Å². The van der Waals surface area contributed by atoms with Gasteiger partial charge < -0.3 is 30.5 Å². The Balaban J connectivity index is 1.38. The van der Waals surface area contributed by atoms with Gasteiger partial charge in [-0.05, 0) is 44.4 Å². The minimum Gasteiger partial charge on any atom is -0.454 e. The predicted molar refractivity (Wildman–Crippen MR) is 101 cm³/mol. The van der Waals surface area contributed by atoms with Crippen molar-refractivity contribution in [2.75, 3.05) is 38.4 Å². The Morgan fingerprint density at radius 1 is 1.25 bits per heavy atom. The maximum Gasteiger partial charge on any atom is 0.319 e. The smallest absolute Gasteiger partial charge is 0.319 e. The van der Waals surface area contributed by atoms with Crippen LogP contribution in [0.5, 0.6) is 11.5 Å². The Bertz CT molecular complexity index is 758. The summed E-state index contributed by atoms with van der Waals surface area (Å²) in [7, 11) is 0. The monoisotopic (exact) mass is 390 g/mol. The zero-order valence-corrected chi connectivity index (χ0v) is 15.7. The highest BCUT2D eigenvalue weighted by atomic mass is 16.7. The number of aliphatic hydroxyl groups excluding tert-OH is 1. The molecule has 0 aromatic heterocycles. The molecule has 1 aromatic rings. The molecule has 0 radical (unpaired) electrons. The maximum absolute atomic E-state index is 12.8. The molecule has 152 valence electrons. The molecule has 3 aliphatic rings. The van der Waals surface area contributed by atoms with E-state index >= 15 is 0 Å². The predicted octanol–water partition coefficient (Wildman–Crippen LogP) is 0.642. The van der Waals surface area contributed by atoms with Crippen molar-refractivity contribution in [3.8, 4) is 11.5 Å². The van der Waals surface area contributed by atoms with Crippen molar-refractivity contribution >= 4 is 17.6 Å². The van der Waals surface area contributed by atoms with E-state index in [1.165, 1.54) is 0 Å². The second kappa shape index (κ2) is 7.84. The summed E-state index contributed by atoms with van der Waals surface area (Å²) in [6.45, 7) is 1.83. The number of hydrogen-bond acceptors (Lipinski definition) is 6. The van der Waals surface area contributed by atoms with Crippen LogP contribution >= 0.6 is 0 Å². The zero-order chi connectivity index (χ0) is 19.6. The van der Waals surface area contributed by atoms with Gasteiger partial charge in [0.1, 0.15) is 5.54 Å². The number of benzene rings is 1. The first-order chi connectivity index (χ1) is 13.6. The summed E-state index contributed by atoms with van der Waals surface area (Å²) in [5, 5.41) is 17.6. The van der Waals surface area contributed by atoms with Gasteiger partial charge in [-0.25, -0.2) is 4.79 Å². The highest BCUT2D eigenvalue weighted by Crippen LogP contribution is 2.38. The lowest BCUT2D eigenvalue weighted by Crippen LogP contribution is -2.57. The molecule has 28 heavy (non-hydrogen) atoms. The van der Waals surface area contributed by atoms with E-state index in [4.69, 9.17) is 14.6 Å². The van der Waals surface area contributed by atoms with Crippen molar-refractivity contribution in [1.82, 2.24) is 15.5 Å². The summed E-state index contributed by atoms with van der Waals surface area (Å²) in [5.74, 6) is 1.21. The van der Waals surface area contributed by atoms with Crippen LogP contribution in [0.4, 0.5) is 10.5 Å². The van der Waals surface area contributed by atoms with Gasteiger partial charge in [-0.2, -0.15) is 0 Å². The standard InChI is InChI=1S/C19H26N4O5/c24-8-6-20-17(25)19-5-1-2-7-23(19)11-14(10-19)22-18(26)21-13-3-4-15-16(9-13)28-12-27-15/h3-4,9,14,24H,1-2,5-8,10-12H2,(H,20,25)(H2,21,22,26)/t14-,19-/m0/s1. The molecule has 3 aliphatic heterocycles. The lowest BCUT2D eigenvalue weighted by Gasteiger charge is -2.40. The van der Waals surface area contributed by atoms with Crippen LogP contribution in [0.3, 0.4) is 0 Å². The van der Waals surface area contributed by atoms with E-state index in [1.54, 1.807) is 18.2 Å². The van der Waals surface area contributed by atoms with Crippen LogP contribution in [0, 0.1) is 0 Å². The topological polar surface area (TPSA) is 112 Å². The molecular formula is C19H26N4O5. The molecule has 0 bridgehead atoms. The first-order valence-corrected chi connectivity index (χ1v) is 9.72. The molecule has 4 rings (SSSR count). The summed E-state index contributed by atoms with van der Waals surface area (Å²) in [5.41, 5.74) is 0.0253. The average Bonchev–Trinajstić information content (AvgIpc) is 3.29. The first kappa shape index (κ1) is 18.8. The van der Waals surface area contributed by atoms with E-state index in [1.807, 2.05) is 0 Å². The van der Waals surface area contributed by atoms with Crippen molar-refractivity contribution < 1.29 is 24.2 Å². The SMILES string of the molecule is O=C(Nc1ccc2c(c1)OCO2)N[C@@H]1CN2CCCC[C@@]2(C(=O)NCCO)C1. The molecule has 2 atom stereocenters. The number of carbonyl (C=O) groups excluding carboxylic acids is 2. The van der Waals surface area contributed by atoms with Gasteiger partial charge in [0.25, 0.3) is 0 Å². The Morgan fingerprint density at radius 2 is 2.11 bits per heavy atom. The minimum atomic E-state index is -0.593. The van der Waals surface area contributed by atoms with Gasteiger partial charge in [0, 0.05) is 30.9 Å². The highest BCUT2D eigenvalue weighted by molar-refractivity contribution is 5.90. The maximum atomic E-state index is 12.8. The number of rotatable bonds is 5. The van der Waals surface area contributed by atoms with Crippen molar-refractivity contribution in [3.05, 3.63) is 18.2 Å². The lowest BCUT2D eigenvalue weighted by atomic mass is 9.84. The zero-order valence-electron chi connectivity index (χ0n) is 15.7. The molecule has 4 N–H and O–H groups in total. The second-order valence-electron chi connectivity index (χ2n) is 7.48. The number of ether oxygens (including phenoxy) is 2. The fourth-order valence-corrected chi connectivity index (χ4v) is 4.43. The summed E-state index contributed by atoms with van der Waals surface area (Å²) in [4.78, 5) is 27.4. The van der Waals surface area contributed by atoms with Gasteiger partial charge in [-0.3, -0.25) is 9.69 Å². The summed E-state index contributed by atoms with van der Waals surface area (Å²) < 4.78 is 10.6. The largest absolute Gasteiger partial charge is 0.454 e. The van der Waals surface area contributed by atoms with Crippen LogP contribution in [-0.2, 0) is 4.79 Å². The molecule has 0 spiro atoms. The molecule has 0 aliphatic carbocycles. The third-order valence-corrected chi connectivity index (χ3v) is 5.68. The third kappa shape index (κ3) is 3.59. The summed E-state index contributed by atoms with van der Waals surface area (Å²) in [6, 6.07) is 4.81. The van der Waals surface area contributed by atoms with Crippen molar-refractivity contribution in [3.63, 3.8) is 0 Å². The first-order valence-electron chi connectivity index (χ1n) is 9.72. The summed E-state index contributed by atoms with van der Waals surface area (Å²) in [6.07, 6.45) is 3.37. The molecule has 3 heterocycles. The van der Waals surface area contributed by atoms with Gasteiger partial charge in [0.15, 0.2) is 11.5 Å². The van der Waals surface area contributed by atoms with Gasteiger partial charge in [-0.1, -0.05) is 0 Å². The number of anilines is 1. The van der Waals surface area contributed by atoms with E-state index in [-0.39, 0.29) is 37.9 Å². The molecular weight excluding hydrogens is 364 g/mol. The molecule has 1 aromatic carbocycles. The molecule has 9 nitrogen and oxygen atoms in total. The molecule has 0 saturated carbocycles. The third-order valence-electron chi connectivity index (χ3n) is 5.68. The molecule has 3 amide bonds. The van der Waals surface area contributed by atoms with Crippen LogP contribution in [-0.4, -0.2) is 66.6 Å². The number of carbonyl (C=O) groups is 2. The van der Waals surface area contributed by atoms with Gasteiger partial charge in [0.05, 0.1) is 6.61 Å². The normalized spacial score (nSPS) is 25.8. The van der Waals surface area contributed by atoms with E-state index in [0.29, 0.717) is 30.2 Å². The number of amides is 3. The molecule has 0 unspecified atom stereocenters. The minimum absolute atomic E-state index is 0.0540. The quantitative estimate of drug-likeness (QED) is 0.587. The Morgan fingerprint density at radius 3 is 2.96 bits per heavy atom. The van der Waals surface area contributed by atoms with Gasteiger partial charge >= 0.3 is 6.03 Å². The van der Waals surface area contributed by atoms with Crippen LogP contribution in [0.25, 0.3) is 0 Å². The highest BCUT2D eigenvalue weighted by Gasteiger charge is 2.52. The fraction of sp³-hybridized carbons (Fsp3) is 0.579. The van der Waals surface area contributed by atoms with E-state index in [0.717, 1.165) is 25.8 Å². The number of aliphatic hydroxyl groups is 1. The molecule has 2 fully saturated rings. The Labute approximate surface area is 163 Å². The van der Waals surface area contributed by atoms with E-state index in [2.05, 4.69) is 20.9 Å². The van der Waals surface area contributed by atoms with Crippen molar-refractivity contribution in [1.29, 1.82) is 0 Å². The summed E-state index contributed by atoms with van der Waals surface area (Å²) >= 11 is 0.